The molecule has 1 saturated heterocycles. The van der Waals surface area contributed by atoms with Crippen molar-refractivity contribution >= 4 is 11.9 Å². The third-order valence-corrected chi connectivity index (χ3v) is 6.97. The lowest BCUT2D eigenvalue weighted by molar-refractivity contribution is -0.126. The van der Waals surface area contributed by atoms with Gasteiger partial charge in [-0.1, -0.05) is 12.8 Å². The summed E-state index contributed by atoms with van der Waals surface area (Å²) in [5.74, 6) is 1.11. The van der Waals surface area contributed by atoms with Crippen molar-refractivity contribution in [2.24, 2.45) is 10.4 Å². The molecule has 2 unspecified atom stereocenters. The van der Waals surface area contributed by atoms with Crippen LogP contribution in [0.1, 0.15) is 46.0 Å². The third kappa shape index (κ3) is 5.45. The molecule has 1 amide bonds. The smallest absolute Gasteiger partial charge is 0.234 e. The molecule has 3 rings (SSSR count). The van der Waals surface area contributed by atoms with Crippen molar-refractivity contribution in [1.29, 1.82) is 0 Å². The molecule has 0 radical (unpaired) electrons. The summed E-state index contributed by atoms with van der Waals surface area (Å²) in [5, 5.41) is 6.72. The number of nitrogens with one attached hydrogen (secondary N) is 2. The van der Waals surface area contributed by atoms with Gasteiger partial charge in [0.05, 0.1) is 19.3 Å². The molecule has 3 aliphatic rings. The van der Waals surface area contributed by atoms with Crippen molar-refractivity contribution < 1.29 is 14.3 Å². The predicted octanol–water partition coefficient (Wildman–Crippen LogP) is 1.07. The maximum Gasteiger partial charge on any atom is 0.234 e. The van der Waals surface area contributed by atoms with Gasteiger partial charge >= 0.3 is 0 Å². The molecular weight excluding hydrogens is 382 g/mol. The van der Waals surface area contributed by atoms with Crippen LogP contribution < -0.4 is 10.6 Å². The number of carbonyl (C=O) groups excluding carboxylic acids is 1. The first-order chi connectivity index (χ1) is 14.6. The van der Waals surface area contributed by atoms with E-state index in [4.69, 9.17) is 14.5 Å². The van der Waals surface area contributed by atoms with E-state index in [9.17, 15) is 4.79 Å². The van der Waals surface area contributed by atoms with Crippen LogP contribution in [-0.4, -0.2) is 99.9 Å². The molecule has 2 aliphatic carbocycles. The number of rotatable bonds is 9. The molecule has 0 aromatic heterocycles. The second-order valence-corrected chi connectivity index (χ2v) is 8.72. The normalized spacial score (nSPS) is 26.6. The Hall–Kier alpha value is -1.38. The van der Waals surface area contributed by atoms with Gasteiger partial charge in [-0.15, -0.1) is 0 Å². The second-order valence-electron chi connectivity index (χ2n) is 8.72. The third-order valence-electron chi connectivity index (χ3n) is 6.97. The Morgan fingerprint density at radius 2 is 1.90 bits per heavy atom. The molecule has 2 N–H and O–H groups in total. The summed E-state index contributed by atoms with van der Waals surface area (Å²) in [7, 11) is 1.64. The molecule has 1 spiro atoms. The van der Waals surface area contributed by atoms with Crippen LogP contribution >= 0.6 is 0 Å². The van der Waals surface area contributed by atoms with E-state index in [0.717, 1.165) is 51.7 Å². The Morgan fingerprint density at radius 3 is 2.53 bits per heavy atom. The zero-order chi connectivity index (χ0) is 21.4. The molecule has 172 valence electrons. The molecule has 1 heterocycles. The molecule has 30 heavy (non-hydrogen) atoms. The average molecular weight is 424 g/mol. The summed E-state index contributed by atoms with van der Waals surface area (Å²) in [6.45, 7) is 10.9. The molecule has 2 atom stereocenters. The van der Waals surface area contributed by atoms with Crippen molar-refractivity contribution in [3.05, 3.63) is 0 Å². The van der Waals surface area contributed by atoms with Gasteiger partial charge in [-0.05, 0) is 33.1 Å². The quantitative estimate of drug-likeness (QED) is 0.328. The number of hydrogen-bond acceptors (Lipinski definition) is 5. The van der Waals surface area contributed by atoms with E-state index in [2.05, 4.69) is 34.3 Å². The van der Waals surface area contributed by atoms with Crippen LogP contribution in [0.25, 0.3) is 0 Å². The van der Waals surface area contributed by atoms with Crippen molar-refractivity contribution in [3.63, 3.8) is 0 Å². The highest BCUT2D eigenvalue weighted by molar-refractivity contribution is 5.81. The molecule has 0 aromatic rings. The van der Waals surface area contributed by atoms with Crippen LogP contribution in [0.2, 0.25) is 0 Å². The minimum atomic E-state index is 0.0701. The summed E-state index contributed by atoms with van der Waals surface area (Å²) in [6, 6.07) is 0.464. The van der Waals surface area contributed by atoms with Crippen molar-refractivity contribution in [2.45, 2.75) is 58.1 Å². The standard InChI is InChI=1S/C22H41N5O3/c1-4-23-21(25-18-16-19(30-5-2)22(18)8-6-7-9-22)27-13-11-26(12-14-27)17-20(28)24-10-15-29-3/h18-19H,4-17H2,1-3H3,(H,23,25)(H,24,28). The van der Waals surface area contributed by atoms with Crippen LogP contribution in [0.3, 0.4) is 0 Å². The number of aliphatic imine (C=N–C) groups is 1. The highest BCUT2D eigenvalue weighted by Gasteiger charge is 2.57. The minimum Gasteiger partial charge on any atom is -0.383 e. The number of amides is 1. The number of methoxy groups -OCH3 is 1. The summed E-state index contributed by atoms with van der Waals surface area (Å²) in [6.07, 6.45) is 6.64. The Balaban J connectivity index is 1.49. The minimum absolute atomic E-state index is 0.0701. The molecular formula is C22H41N5O3. The summed E-state index contributed by atoms with van der Waals surface area (Å²) in [4.78, 5) is 21.4. The lowest BCUT2D eigenvalue weighted by Crippen LogP contribution is -2.66. The number of nitrogens with zero attached hydrogens (tertiary/aromatic N) is 3. The van der Waals surface area contributed by atoms with E-state index in [-0.39, 0.29) is 5.91 Å². The molecule has 3 fully saturated rings. The molecule has 2 saturated carbocycles. The van der Waals surface area contributed by atoms with Gasteiger partial charge < -0.3 is 25.0 Å². The molecule has 1 aliphatic heterocycles. The van der Waals surface area contributed by atoms with Crippen LogP contribution in [0.15, 0.2) is 4.99 Å². The Kier molecular flexibility index (Phi) is 8.77. The molecule has 0 bridgehead atoms. The SMILES string of the molecule is CCN=C(NC1CC(OCC)C12CCCC2)N1CCN(CC(=O)NCCOC)CC1. The maximum atomic E-state index is 12.1. The first-order valence-electron chi connectivity index (χ1n) is 11.8. The Labute approximate surface area is 181 Å². The summed E-state index contributed by atoms with van der Waals surface area (Å²) in [5.41, 5.74) is 0.298. The lowest BCUT2D eigenvalue weighted by Gasteiger charge is -2.55. The predicted molar refractivity (Wildman–Crippen MR) is 119 cm³/mol. The zero-order valence-corrected chi connectivity index (χ0v) is 19.1. The fourth-order valence-electron chi connectivity index (χ4n) is 5.30. The lowest BCUT2D eigenvalue weighted by atomic mass is 9.60. The number of guanidine groups is 1. The second kappa shape index (κ2) is 11.3. The maximum absolute atomic E-state index is 12.1. The van der Waals surface area contributed by atoms with Gasteiger partial charge in [-0.3, -0.25) is 14.7 Å². The van der Waals surface area contributed by atoms with E-state index < -0.39 is 0 Å². The fraction of sp³-hybridized carbons (Fsp3) is 0.909. The van der Waals surface area contributed by atoms with Crippen molar-refractivity contribution in [2.75, 3.05) is 66.1 Å². The van der Waals surface area contributed by atoms with Gasteiger partial charge in [0.2, 0.25) is 5.91 Å². The fourth-order valence-corrected chi connectivity index (χ4v) is 5.30. The van der Waals surface area contributed by atoms with E-state index in [1.165, 1.54) is 25.7 Å². The van der Waals surface area contributed by atoms with Crippen LogP contribution in [0.4, 0.5) is 0 Å². The van der Waals surface area contributed by atoms with Crippen LogP contribution in [0.5, 0.6) is 0 Å². The molecule has 8 heteroatoms. The van der Waals surface area contributed by atoms with Crippen molar-refractivity contribution in [3.8, 4) is 0 Å². The zero-order valence-electron chi connectivity index (χ0n) is 19.1. The van der Waals surface area contributed by atoms with Gasteiger partial charge in [0, 0.05) is 64.4 Å². The van der Waals surface area contributed by atoms with Crippen LogP contribution in [0, 0.1) is 5.41 Å². The van der Waals surface area contributed by atoms with Gasteiger partial charge in [-0.25, -0.2) is 0 Å². The highest BCUT2D eigenvalue weighted by Crippen LogP contribution is 2.54. The molecule has 0 aromatic carbocycles. The van der Waals surface area contributed by atoms with E-state index in [1.54, 1.807) is 7.11 Å². The van der Waals surface area contributed by atoms with Crippen molar-refractivity contribution in [1.82, 2.24) is 20.4 Å². The van der Waals surface area contributed by atoms with Gasteiger partial charge in [0.1, 0.15) is 0 Å². The summed E-state index contributed by atoms with van der Waals surface area (Å²) >= 11 is 0. The highest BCUT2D eigenvalue weighted by atomic mass is 16.5. The summed E-state index contributed by atoms with van der Waals surface area (Å²) < 4.78 is 11.1. The Bertz CT molecular complexity index is 571. The van der Waals surface area contributed by atoms with Gasteiger partial charge in [0.25, 0.3) is 0 Å². The number of hydrogen-bond donors (Lipinski definition) is 2. The van der Waals surface area contributed by atoms with Gasteiger partial charge in [0.15, 0.2) is 5.96 Å². The monoisotopic (exact) mass is 423 g/mol. The van der Waals surface area contributed by atoms with E-state index in [1.807, 2.05) is 0 Å². The largest absolute Gasteiger partial charge is 0.383 e. The van der Waals surface area contributed by atoms with Crippen LogP contribution in [-0.2, 0) is 14.3 Å². The molecule has 8 nitrogen and oxygen atoms in total. The van der Waals surface area contributed by atoms with E-state index >= 15 is 0 Å². The topological polar surface area (TPSA) is 78.4 Å². The number of ether oxygens (including phenoxy) is 2. The van der Waals surface area contributed by atoms with E-state index in [0.29, 0.717) is 37.3 Å². The number of carbonyl (C=O) groups is 1. The number of piperazine rings is 1. The van der Waals surface area contributed by atoms with Gasteiger partial charge in [-0.2, -0.15) is 0 Å². The first kappa shape index (κ1) is 23.3. The Morgan fingerprint density at radius 1 is 1.17 bits per heavy atom. The first-order valence-corrected chi connectivity index (χ1v) is 11.8. The average Bonchev–Trinajstić information content (AvgIpc) is 3.26.